The van der Waals surface area contributed by atoms with Crippen molar-refractivity contribution in [1.82, 2.24) is 5.32 Å². The number of carbonyl (C=O) groups is 1. The van der Waals surface area contributed by atoms with Gasteiger partial charge >= 0.3 is 0 Å². The molecule has 0 saturated heterocycles. The molecular formula is C22H29NO3. The second-order valence-electron chi connectivity index (χ2n) is 6.73. The van der Waals surface area contributed by atoms with Crippen molar-refractivity contribution < 1.29 is 14.3 Å². The van der Waals surface area contributed by atoms with Gasteiger partial charge in [0.05, 0.1) is 6.10 Å². The van der Waals surface area contributed by atoms with E-state index in [1.807, 2.05) is 57.2 Å². The Morgan fingerprint density at radius 1 is 1.04 bits per heavy atom. The lowest BCUT2D eigenvalue weighted by molar-refractivity contribution is -0.127. The number of aryl methyl sites for hydroxylation is 2. The highest BCUT2D eigenvalue weighted by Crippen LogP contribution is 2.18. The molecule has 4 heteroatoms. The maximum Gasteiger partial charge on any atom is 0.260 e. The summed E-state index contributed by atoms with van der Waals surface area (Å²) in [6.07, 6.45) is 1.41. The molecule has 2 aromatic rings. The van der Waals surface area contributed by atoms with Gasteiger partial charge in [-0.3, -0.25) is 4.79 Å². The predicted molar refractivity (Wildman–Crippen MR) is 105 cm³/mol. The van der Waals surface area contributed by atoms with Crippen molar-refractivity contribution in [2.24, 2.45) is 0 Å². The largest absolute Gasteiger partial charge is 0.491 e. The van der Waals surface area contributed by atoms with Crippen LogP contribution in [0.25, 0.3) is 0 Å². The molecule has 4 nitrogen and oxygen atoms in total. The number of hydrogen-bond acceptors (Lipinski definition) is 3. The standard InChI is InChI=1S/C22H29NO3/c1-16(2)25-20-12-7-10-19(15-20)11-8-14-23-22(24)18(4)26-21-13-6-5-9-17(21)3/h5-7,9-10,12-13,15-16,18H,8,11,14H2,1-4H3,(H,23,24). The van der Waals surface area contributed by atoms with Crippen LogP contribution in [-0.4, -0.2) is 24.7 Å². The summed E-state index contributed by atoms with van der Waals surface area (Å²) in [4.78, 5) is 12.2. The third-order valence-corrected chi connectivity index (χ3v) is 3.98. The molecule has 1 atom stereocenters. The second-order valence-corrected chi connectivity index (χ2v) is 6.73. The third kappa shape index (κ3) is 6.43. The first-order valence-corrected chi connectivity index (χ1v) is 9.21. The highest BCUT2D eigenvalue weighted by atomic mass is 16.5. The Labute approximate surface area is 156 Å². The lowest BCUT2D eigenvalue weighted by Gasteiger charge is -2.16. The fourth-order valence-electron chi connectivity index (χ4n) is 2.63. The summed E-state index contributed by atoms with van der Waals surface area (Å²) in [5.74, 6) is 1.55. The molecule has 0 aliphatic heterocycles. The fraction of sp³-hybridized carbons (Fsp3) is 0.409. The van der Waals surface area contributed by atoms with Gasteiger partial charge in [0.1, 0.15) is 11.5 Å². The van der Waals surface area contributed by atoms with Gasteiger partial charge in [-0.25, -0.2) is 0 Å². The van der Waals surface area contributed by atoms with E-state index in [4.69, 9.17) is 9.47 Å². The fourth-order valence-corrected chi connectivity index (χ4v) is 2.63. The van der Waals surface area contributed by atoms with Gasteiger partial charge in [0, 0.05) is 6.54 Å². The molecule has 26 heavy (non-hydrogen) atoms. The van der Waals surface area contributed by atoms with E-state index in [2.05, 4.69) is 17.4 Å². The number of nitrogens with one attached hydrogen (secondary N) is 1. The zero-order valence-corrected chi connectivity index (χ0v) is 16.1. The first kappa shape index (κ1) is 19.8. The first-order valence-electron chi connectivity index (χ1n) is 9.21. The molecule has 1 N–H and O–H groups in total. The molecule has 2 aromatic carbocycles. The minimum Gasteiger partial charge on any atom is -0.491 e. The maximum atomic E-state index is 12.2. The van der Waals surface area contributed by atoms with Crippen molar-refractivity contribution in [2.45, 2.75) is 52.7 Å². The molecule has 1 unspecified atom stereocenters. The number of ether oxygens (including phenoxy) is 2. The molecule has 0 heterocycles. The van der Waals surface area contributed by atoms with Gasteiger partial charge < -0.3 is 14.8 Å². The summed E-state index contributed by atoms with van der Waals surface area (Å²) in [5.41, 5.74) is 2.23. The number of rotatable bonds is 9. The number of amides is 1. The minimum atomic E-state index is -0.515. The van der Waals surface area contributed by atoms with Crippen LogP contribution in [0.2, 0.25) is 0 Å². The van der Waals surface area contributed by atoms with Crippen molar-refractivity contribution in [3.8, 4) is 11.5 Å². The van der Waals surface area contributed by atoms with Crippen molar-refractivity contribution in [3.05, 3.63) is 59.7 Å². The van der Waals surface area contributed by atoms with Crippen LogP contribution in [0.5, 0.6) is 11.5 Å². The summed E-state index contributed by atoms with van der Waals surface area (Å²) in [6, 6.07) is 15.8. The average Bonchev–Trinajstić information content (AvgIpc) is 2.60. The van der Waals surface area contributed by atoms with Crippen LogP contribution in [0.4, 0.5) is 0 Å². The zero-order chi connectivity index (χ0) is 18.9. The average molecular weight is 355 g/mol. The Morgan fingerprint density at radius 2 is 1.81 bits per heavy atom. The topological polar surface area (TPSA) is 47.6 Å². The van der Waals surface area contributed by atoms with E-state index in [1.54, 1.807) is 6.92 Å². The number of hydrogen-bond donors (Lipinski definition) is 1. The quantitative estimate of drug-likeness (QED) is 0.682. The van der Waals surface area contributed by atoms with E-state index < -0.39 is 6.10 Å². The Morgan fingerprint density at radius 3 is 2.54 bits per heavy atom. The second kappa shape index (κ2) is 9.85. The highest BCUT2D eigenvalue weighted by Gasteiger charge is 2.14. The Kier molecular flexibility index (Phi) is 7.52. The van der Waals surface area contributed by atoms with E-state index in [0.717, 1.165) is 29.9 Å². The van der Waals surface area contributed by atoms with Crippen molar-refractivity contribution in [1.29, 1.82) is 0 Å². The summed E-state index contributed by atoms with van der Waals surface area (Å²) < 4.78 is 11.5. The molecule has 0 aromatic heterocycles. The van der Waals surface area contributed by atoms with Gasteiger partial charge in [0.15, 0.2) is 6.10 Å². The molecule has 0 aliphatic rings. The Balaban J connectivity index is 1.73. The van der Waals surface area contributed by atoms with Crippen LogP contribution in [0.3, 0.4) is 0 Å². The third-order valence-electron chi connectivity index (χ3n) is 3.98. The number of carbonyl (C=O) groups excluding carboxylic acids is 1. The van der Waals surface area contributed by atoms with E-state index in [0.29, 0.717) is 6.54 Å². The van der Waals surface area contributed by atoms with Gasteiger partial charge in [0.25, 0.3) is 5.91 Å². The van der Waals surface area contributed by atoms with E-state index >= 15 is 0 Å². The van der Waals surface area contributed by atoms with Gasteiger partial charge in [-0.1, -0.05) is 30.3 Å². The molecule has 0 bridgehead atoms. The highest BCUT2D eigenvalue weighted by molar-refractivity contribution is 5.80. The van der Waals surface area contributed by atoms with E-state index in [-0.39, 0.29) is 12.0 Å². The zero-order valence-electron chi connectivity index (χ0n) is 16.1. The maximum absolute atomic E-state index is 12.2. The first-order chi connectivity index (χ1) is 12.5. The number of para-hydroxylation sites is 1. The van der Waals surface area contributed by atoms with Crippen molar-refractivity contribution in [3.63, 3.8) is 0 Å². The van der Waals surface area contributed by atoms with Crippen molar-refractivity contribution >= 4 is 5.91 Å². The molecule has 0 spiro atoms. The SMILES string of the molecule is Cc1ccccc1OC(C)C(=O)NCCCc1cccc(OC(C)C)c1. The summed E-state index contributed by atoms with van der Waals surface area (Å²) >= 11 is 0. The van der Waals surface area contributed by atoms with Crippen LogP contribution in [0.1, 0.15) is 38.3 Å². The van der Waals surface area contributed by atoms with Gasteiger partial charge in [0.2, 0.25) is 0 Å². The molecule has 140 valence electrons. The normalized spacial score (nSPS) is 11.9. The lowest BCUT2D eigenvalue weighted by atomic mass is 10.1. The predicted octanol–water partition coefficient (Wildman–Crippen LogP) is 4.30. The van der Waals surface area contributed by atoms with Crippen LogP contribution in [0.15, 0.2) is 48.5 Å². The van der Waals surface area contributed by atoms with Gasteiger partial charge in [-0.15, -0.1) is 0 Å². The lowest BCUT2D eigenvalue weighted by Crippen LogP contribution is -2.37. The molecule has 0 fully saturated rings. The molecule has 2 rings (SSSR count). The number of benzene rings is 2. The summed E-state index contributed by atoms with van der Waals surface area (Å²) in [5, 5.41) is 2.94. The van der Waals surface area contributed by atoms with Gasteiger partial charge in [-0.2, -0.15) is 0 Å². The molecule has 0 aliphatic carbocycles. The van der Waals surface area contributed by atoms with E-state index in [9.17, 15) is 4.79 Å². The molecule has 0 saturated carbocycles. The van der Waals surface area contributed by atoms with Crippen LogP contribution in [0, 0.1) is 6.92 Å². The van der Waals surface area contributed by atoms with Crippen LogP contribution in [-0.2, 0) is 11.2 Å². The smallest absolute Gasteiger partial charge is 0.260 e. The summed E-state index contributed by atoms with van der Waals surface area (Å²) in [7, 11) is 0. The summed E-state index contributed by atoms with van der Waals surface area (Å²) in [6.45, 7) is 8.39. The Hall–Kier alpha value is -2.49. The monoisotopic (exact) mass is 355 g/mol. The molecular weight excluding hydrogens is 326 g/mol. The van der Waals surface area contributed by atoms with E-state index in [1.165, 1.54) is 5.56 Å². The van der Waals surface area contributed by atoms with Crippen LogP contribution < -0.4 is 14.8 Å². The Bertz CT molecular complexity index is 712. The molecule has 0 radical (unpaired) electrons. The minimum absolute atomic E-state index is 0.0925. The van der Waals surface area contributed by atoms with Crippen LogP contribution >= 0.6 is 0 Å². The van der Waals surface area contributed by atoms with Crippen molar-refractivity contribution in [2.75, 3.05) is 6.54 Å². The van der Waals surface area contributed by atoms with Gasteiger partial charge in [-0.05, 0) is 69.9 Å². The molecule has 1 amide bonds.